The van der Waals surface area contributed by atoms with Crippen LogP contribution in [0.25, 0.3) is 0 Å². The minimum Gasteiger partial charge on any atom is -0.366 e. The van der Waals surface area contributed by atoms with Crippen LogP contribution in [0.3, 0.4) is 0 Å². The van der Waals surface area contributed by atoms with E-state index in [1.807, 2.05) is 41.7 Å². The van der Waals surface area contributed by atoms with Crippen LogP contribution < -0.4 is 11.1 Å². The zero-order valence-corrected chi connectivity index (χ0v) is 16.2. The maximum absolute atomic E-state index is 12.3. The Bertz CT molecular complexity index is 857. The zero-order valence-electron chi connectivity index (χ0n) is 15.4. The summed E-state index contributed by atoms with van der Waals surface area (Å²) in [7, 11) is 1.83. The Morgan fingerprint density at radius 1 is 1.12 bits per heavy atom. The number of carbonyl (C=O) groups excluding carboxylic acids is 2. The SMILES string of the molecule is Cc1nc(SCC(=O)Nc2c(C)nn(C)c2C)c(C(N)=O)c(C)c1C. The molecule has 0 bridgehead atoms. The summed E-state index contributed by atoms with van der Waals surface area (Å²) in [4.78, 5) is 28.5. The molecule has 2 heterocycles. The number of aryl methyl sites for hydroxylation is 3. The highest BCUT2D eigenvalue weighted by Crippen LogP contribution is 2.27. The van der Waals surface area contributed by atoms with E-state index in [4.69, 9.17) is 5.73 Å². The Morgan fingerprint density at radius 2 is 1.76 bits per heavy atom. The van der Waals surface area contributed by atoms with Gasteiger partial charge in [0, 0.05) is 12.7 Å². The summed E-state index contributed by atoms with van der Waals surface area (Å²) in [5.74, 6) is -0.588. The van der Waals surface area contributed by atoms with Crippen molar-refractivity contribution in [3.8, 4) is 0 Å². The molecule has 0 aromatic carbocycles. The molecule has 134 valence electrons. The first-order valence-corrected chi connectivity index (χ1v) is 8.82. The van der Waals surface area contributed by atoms with Gasteiger partial charge in [-0.05, 0) is 45.7 Å². The molecule has 2 rings (SSSR count). The van der Waals surface area contributed by atoms with Gasteiger partial charge in [-0.3, -0.25) is 14.3 Å². The Labute approximate surface area is 151 Å². The summed E-state index contributed by atoms with van der Waals surface area (Å²) < 4.78 is 1.72. The predicted octanol–water partition coefficient (Wildman–Crippen LogP) is 2.19. The fraction of sp³-hybridized carbons (Fsp3) is 0.412. The third-order valence-electron chi connectivity index (χ3n) is 4.32. The molecule has 0 atom stereocenters. The number of aromatic nitrogens is 3. The van der Waals surface area contributed by atoms with Crippen molar-refractivity contribution in [3.05, 3.63) is 33.8 Å². The molecular weight excluding hydrogens is 338 g/mol. The van der Waals surface area contributed by atoms with Gasteiger partial charge in [-0.15, -0.1) is 0 Å². The average Bonchev–Trinajstić information content (AvgIpc) is 2.76. The normalized spacial score (nSPS) is 10.8. The second kappa shape index (κ2) is 7.26. The summed E-state index contributed by atoms with van der Waals surface area (Å²) in [5.41, 5.74) is 10.8. The highest BCUT2D eigenvalue weighted by Gasteiger charge is 2.19. The van der Waals surface area contributed by atoms with Crippen LogP contribution in [0.5, 0.6) is 0 Å². The van der Waals surface area contributed by atoms with Gasteiger partial charge >= 0.3 is 0 Å². The van der Waals surface area contributed by atoms with E-state index in [1.54, 1.807) is 4.68 Å². The highest BCUT2D eigenvalue weighted by atomic mass is 32.2. The van der Waals surface area contributed by atoms with Crippen LogP contribution in [-0.2, 0) is 11.8 Å². The van der Waals surface area contributed by atoms with Crippen LogP contribution in [0, 0.1) is 34.6 Å². The molecule has 3 N–H and O–H groups in total. The van der Waals surface area contributed by atoms with Crippen molar-refractivity contribution >= 4 is 29.3 Å². The quantitative estimate of drug-likeness (QED) is 0.795. The lowest BCUT2D eigenvalue weighted by molar-refractivity contribution is -0.113. The van der Waals surface area contributed by atoms with Gasteiger partial charge in [0.2, 0.25) is 5.91 Å². The number of hydrogen-bond acceptors (Lipinski definition) is 5. The molecule has 2 amide bonds. The lowest BCUT2D eigenvalue weighted by atomic mass is 10.0. The van der Waals surface area contributed by atoms with E-state index in [0.29, 0.717) is 16.3 Å². The highest BCUT2D eigenvalue weighted by molar-refractivity contribution is 8.00. The first kappa shape index (κ1) is 19.0. The van der Waals surface area contributed by atoms with Gasteiger partial charge in [0.1, 0.15) is 5.03 Å². The number of nitrogens with two attached hydrogens (primary N) is 1. The van der Waals surface area contributed by atoms with E-state index in [0.717, 1.165) is 28.2 Å². The summed E-state index contributed by atoms with van der Waals surface area (Å²) >= 11 is 1.21. The van der Waals surface area contributed by atoms with E-state index < -0.39 is 5.91 Å². The molecule has 0 unspecified atom stereocenters. The summed E-state index contributed by atoms with van der Waals surface area (Å²) in [6.07, 6.45) is 0. The standard InChI is InChI=1S/C17H23N5O2S/c1-8-9(2)14(16(18)24)17(19-10(8)3)25-7-13(23)20-15-11(4)21-22(6)12(15)5/h7H2,1-6H3,(H2,18,24)(H,20,23). The number of nitrogens with zero attached hydrogens (tertiary/aromatic N) is 3. The van der Waals surface area contributed by atoms with Gasteiger partial charge < -0.3 is 11.1 Å². The molecule has 2 aromatic heterocycles. The van der Waals surface area contributed by atoms with Crippen LogP contribution in [0.1, 0.15) is 38.6 Å². The third-order valence-corrected chi connectivity index (χ3v) is 5.30. The van der Waals surface area contributed by atoms with Gasteiger partial charge in [0.25, 0.3) is 5.91 Å². The molecule has 0 saturated carbocycles. The van der Waals surface area contributed by atoms with Crippen LogP contribution in [0.15, 0.2) is 5.03 Å². The number of carbonyl (C=O) groups is 2. The lowest BCUT2D eigenvalue weighted by Crippen LogP contribution is -2.19. The maximum atomic E-state index is 12.3. The number of amides is 2. The molecule has 0 radical (unpaired) electrons. The molecule has 0 spiro atoms. The molecule has 7 nitrogen and oxygen atoms in total. The van der Waals surface area contributed by atoms with Crippen LogP contribution >= 0.6 is 11.8 Å². The topological polar surface area (TPSA) is 103 Å². The fourth-order valence-corrected chi connectivity index (χ4v) is 3.51. The van der Waals surface area contributed by atoms with Gasteiger partial charge in [-0.2, -0.15) is 5.10 Å². The fourth-order valence-electron chi connectivity index (χ4n) is 2.57. The summed E-state index contributed by atoms with van der Waals surface area (Å²) in [6, 6.07) is 0. The number of hydrogen-bond donors (Lipinski definition) is 2. The van der Waals surface area contributed by atoms with Crippen molar-refractivity contribution in [1.82, 2.24) is 14.8 Å². The lowest BCUT2D eigenvalue weighted by Gasteiger charge is -2.13. The number of primary amides is 1. The number of pyridine rings is 1. The van der Waals surface area contributed by atoms with E-state index in [2.05, 4.69) is 15.4 Å². The zero-order chi connectivity index (χ0) is 18.9. The first-order valence-electron chi connectivity index (χ1n) is 7.83. The molecule has 0 aliphatic carbocycles. The molecule has 0 aliphatic heterocycles. The molecule has 0 fully saturated rings. The van der Waals surface area contributed by atoms with Crippen LogP contribution in [0.2, 0.25) is 0 Å². The van der Waals surface area contributed by atoms with E-state index in [1.165, 1.54) is 11.8 Å². The summed E-state index contributed by atoms with van der Waals surface area (Å²) in [6.45, 7) is 9.35. The molecule has 0 aliphatic rings. The van der Waals surface area contributed by atoms with E-state index in [-0.39, 0.29) is 11.7 Å². The van der Waals surface area contributed by atoms with E-state index >= 15 is 0 Å². The summed E-state index contributed by atoms with van der Waals surface area (Å²) in [5, 5.41) is 7.63. The Kier molecular flexibility index (Phi) is 5.52. The number of rotatable bonds is 5. The van der Waals surface area contributed by atoms with E-state index in [9.17, 15) is 9.59 Å². The van der Waals surface area contributed by atoms with Crippen molar-refractivity contribution in [2.45, 2.75) is 39.6 Å². The van der Waals surface area contributed by atoms with Crippen molar-refractivity contribution in [1.29, 1.82) is 0 Å². The Hall–Kier alpha value is -2.35. The Balaban J connectivity index is 2.18. The van der Waals surface area contributed by atoms with Crippen LogP contribution in [-0.4, -0.2) is 32.3 Å². The second-order valence-electron chi connectivity index (χ2n) is 6.00. The molecule has 2 aromatic rings. The molecule has 8 heteroatoms. The number of anilines is 1. The Morgan fingerprint density at radius 3 is 2.28 bits per heavy atom. The van der Waals surface area contributed by atoms with Crippen molar-refractivity contribution in [2.24, 2.45) is 12.8 Å². The number of thioether (sulfide) groups is 1. The van der Waals surface area contributed by atoms with Crippen molar-refractivity contribution in [2.75, 3.05) is 11.1 Å². The molecule has 25 heavy (non-hydrogen) atoms. The second-order valence-corrected chi connectivity index (χ2v) is 6.96. The predicted molar refractivity (Wildman–Crippen MR) is 99.0 cm³/mol. The van der Waals surface area contributed by atoms with Gasteiger partial charge in [0.05, 0.1) is 28.4 Å². The van der Waals surface area contributed by atoms with Crippen molar-refractivity contribution in [3.63, 3.8) is 0 Å². The smallest absolute Gasteiger partial charge is 0.251 e. The van der Waals surface area contributed by atoms with Gasteiger partial charge in [-0.25, -0.2) is 4.98 Å². The molecule has 0 saturated heterocycles. The van der Waals surface area contributed by atoms with Crippen molar-refractivity contribution < 1.29 is 9.59 Å². The first-order chi connectivity index (χ1) is 11.6. The third kappa shape index (κ3) is 3.84. The van der Waals surface area contributed by atoms with Gasteiger partial charge in [0.15, 0.2) is 0 Å². The van der Waals surface area contributed by atoms with Gasteiger partial charge in [-0.1, -0.05) is 11.8 Å². The van der Waals surface area contributed by atoms with Crippen LogP contribution in [0.4, 0.5) is 5.69 Å². The minimum atomic E-state index is -0.532. The average molecular weight is 361 g/mol. The minimum absolute atomic E-state index is 0.128. The monoisotopic (exact) mass is 361 g/mol. The maximum Gasteiger partial charge on any atom is 0.251 e. The number of nitrogens with one attached hydrogen (secondary N) is 1. The largest absolute Gasteiger partial charge is 0.366 e. The molecular formula is C17H23N5O2S.